The number of nitrogens with one attached hydrogen (secondary N) is 2. The number of anilines is 1. The quantitative estimate of drug-likeness (QED) is 0.888. The summed E-state index contributed by atoms with van der Waals surface area (Å²) in [5.74, 6) is 1.19. The monoisotopic (exact) mass is 333 g/mol. The molecule has 25 heavy (non-hydrogen) atoms. The van der Waals surface area contributed by atoms with E-state index in [-0.39, 0.29) is 11.6 Å². The fourth-order valence-corrected chi connectivity index (χ4v) is 5.02. The predicted octanol–water partition coefficient (Wildman–Crippen LogP) is 3.08. The summed E-state index contributed by atoms with van der Waals surface area (Å²) in [6.07, 6.45) is 2.19. The van der Waals surface area contributed by atoms with Gasteiger partial charge in [-0.3, -0.25) is 9.69 Å². The zero-order valence-electron chi connectivity index (χ0n) is 14.2. The highest BCUT2D eigenvalue weighted by Crippen LogP contribution is 2.47. The van der Waals surface area contributed by atoms with Crippen LogP contribution in [0, 0.1) is 11.8 Å². The summed E-state index contributed by atoms with van der Waals surface area (Å²) in [5, 5.41) is 7.03. The lowest BCUT2D eigenvalue weighted by Gasteiger charge is -2.42. The molecule has 2 fully saturated rings. The summed E-state index contributed by atoms with van der Waals surface area (Å²) in [6, 6.07) is 18.5. The topological polar surface area (TPSA) is 44.4 Å². The van der Waals surface area contributed by atoms with Crippen molar-refractivity contribution in [1.29, 1.82) is 0 Å². The van der Waals surface area contributed by atoms with E-state index in [4.69, 9.17) is 0 Å². The van der Waals surface area contributed by atoms with Gasteiger partial charge >= 0.3 is 0 Å². The minimum atomic E-state index is -0.276. The number of hydrogen-bond acceptors (Lipinski definition) is 3. The highest BCUT2D eigenvalue weighted by atomic mass is 16.2. The second kappa shape index (κ2) is 5.60. The van der Waals surface area contributed by atoms with Crippen molar-refractivity contribution < 1.29 is 4.79 Å². The van der Waals surface area contributed by atoms with Crippen LogP contribution in [0.1, 0.15) is 28.8 Å². The minimum absolute atomic E-state index is 0.0662. The summed E-state index contributed by atoms with van der Waals surface area (Å²) in [4.78, 5) is 15.2. The second-order valence-corrected chi connectivity index (χ2v) is 7.68. The molecule has 0 bridgehead atoms. The first kappa shape index (κ1) is 15.0. The highest BCUT2D eigenvalue weighted by Gasteiger charge is 2.54. The van der Waals surface area contributed by atoms with E-state index in [9.17, 15) is 4.79 Å². The first-order chi connectivity index (χ1) is 12.2. The first-order valence-electron chi connectivity index (χ1n) is 9.19. The number of carbonyl (C=O) groups is 1. The predicted molar refractivity (Wildman–Crippen MR) is 98.2 cm³/mol. The number of benzene rings is 2. The van der Waals surface area contributed by atoms with Crippen LogP contribution in [0.5, 0.6) is 0 Å². The van der Waals surface area contributed by atoms with E-state index in [0.717, 1.165) is 37.3 Å². The second-order valence-electron chi connectivity index (χ2n) is 7.68. The van der Waals surface area contributed by atoms with Gasteiger partial charge < -0.3 is 10.6 Å². The summed E-state index contributed by atoms with van der Waals surface area (Å²) in [5.41, 5.74) is 2.83. The van der Waals surface area contributed by atoms with E-state index in [1.807, 2.05) is 24.3 Å². The van der Waals surface area contributed by atoms with Crippen molar-refractivity contribution in [3.8, 4) is 0 Å². The number of amides is 1. The van der Waals surface area contributed by atoms with E-state index in [1.165, 1.54) is 12.0 Å². The van der Waals surface area contributed by atoms with Crippen LogP contribution in [0.3, 0.4) is 0 Å². The molecule has 0 aromatic heterocycles. The SMILES string of the molecule is O=C1N[C@]2(CC[C@H]3CN(Cc4ccccc4)C[C@H]32)Nc2ccccc21. The van der Waals surface area contributed by atoms with E-state index < -0.39 is 0 Å². The number of hydrogen-bond donors (Lipinski definition) is 2. The molecule has 2 heterocycles. The van der Waals surface area contributed by atoms with Gasteiger partial charge in [-0.05, 0) is 36.5 Å². The van der Waals surface area contributed by atoms with Crippen LogP contribution in [0.2, 0.25) is 0 Å². The molecule has 1 amide bonds. The molecule has 2 N–H and O–H groups in total. The van der Waals surface area contributed by atoms with Gasteiger partial charge in [0, 0.05) is 31.2 Å². The number of carbonyl (C=O) groups excluding carboxylic acids is 1. The maximum Gasteiger partial charge on any atom is 0.255 e. The molecule has 2 aromatic rings. The van der Waals surface area contributed by atoms with Gasteiger partial charge in [0.1, 0.15) is 5.66 Å². The summed E-state index contributed by atoms with van der Waals surface area (Å²) in [6.45, 7) is 3.16. The van der Waals surface area contributed by atoms with Crippen molar-refractivity contribution in [2.45, 2.75) is 25.0 Å². The van der Waals surface area contributed by atoms with Gasteiger partial charge in [0.15, 0.2) is 0 Å². The highest BCUT2D eigenvalue weighted by molar-refractivity contribution is 6.02. The Hall–Kier alpha value is -2.33. The van der Waals surface area contributed by atoms with Gasteiger partial charge in [0.25, 0.3) is 5.91 Å². The van der Waals surface area contributed by atoms with Crippen molar-refractivity contribution in [2.24, 2.45) is 11.8 Å². The summed E-state index contributed by atoms with van der Waals surface area (Å²) in [7, 11) is 0. The van der Waals surface area contributed by atoms with Crippen molar-refractivity contribution in [1.82, 2.24) is 10.2 Å². The number of para-hydroxylation sites is 1. The molecule has 1 saturated carbocycles. The first-order valence-corrected chi connectivity index (χ1v) is 9.19. The van der Waals surface area contributed by atoms with Gasteiger partial charge in [-0.1, -0.05) is 42.5 Å². The van der Waals surface area contributed by atoms with Crippen LogP contribution in [0.4, 0.5) is 5.69 Å². The molecule has 4 heteroatoms. The van der Waals surface area contributed by atoms with Crippen LogP contribution < -0.4 is 10.6 Å². The average molecular weight is 333 g/mol. The maximum atomic E-state index is 12.6. The zero-order valence-corrected chi connectivity index (χ0v) is 14.2. The standard InChI is InChI=1S/C21H23N3O/c25-20-17-8-4-5-9-19(17)22-21(23-20)11-10-16-13-24(14-18(16)21)12-15-6-2-1-3-7-15/h1-9,16,18,22H,10-14H2,(H,23,25)/t16-,18+,21-/m0/s1. The molecule has 1 spiro atoms. The molecule has 1 aliphatic carbocycles. The Morgan fingerprint density at radius 2 is 1.80 bits per heavy atom. The van der Waals surface area contributed by atoms with Gasteiger partial charge in [-0.25, -0.2) is 0 Å². The minimum Gasteiger partial charge on any atom is -0.362 e. The molecule has 0 unspecified atom stereocenters. The lowest BCUT2D eigenvalue weighted by molar-refractivity contribution is 0.0871. The summed E-state index contributed by atoms with van der Waals surface area (Å²) < 4.78 is 0. The molecule has 3 aliphatic rings. The third kappa shape index (κ3) is 2.44. The Morgan fingerprint density at radius 3 is 2.68 bits per heavy atom. The van der Waals surface area contributed by atoms with Crippen LogP contribution in [-0.2, 0) is 6.54 Å². The third-order valence-corrected chi connectivity index (χ3v) is 6.17. The van der Waals surface area contributed by atoms with Crippen molar-refractivity contribution >= 4 is 11.6 Å². The lowest BCUT2D eigenvalue weighted by Crippen LogP contribution is -2.61. The number of rotatable bonds is 2. The summed E-state index contributed by atoms with van der Waals surface area (Å²) >= 11 is 0. The van der Waals surface area contributed by atoms with E-state index in [0.29, 0.717) is 11.8 Å². The average Bonchev–Trinajstić information content (AvgIpc) is 3.17. The number of likely N-dealkylation sites (tertiary alicyclic amines) is 1. The Bertz CT molecular complexity index is 806. The van der Waals surface area contributed by atoms with E-state index >= 15 is 0 Å². The van der Waals surface area contributed by atoms with Gasteiger partial charge in [-0.2, -0.15) is 0 Å². The van der Waals surface area contributed by atoms with Crippen LogP contribution in [-0.4, -0.2) is 29.6 Å². The van der Waals surface area contributed by atoms with Crippen molar-refractivity contribution in [2.75, 3.05) is 18.4 Å². The van der Waals surface area contributed by atoms with Crippen molar-refractivity contribution in [3.05, 3.63) is 65.7 Å². The largest absolute Gasteiger partial charge is 0.362 e. The molecule has 5 rings (SSSR count). The van der Waals surface area contributed by atoms with Crippen molar-refractivity contribution in [3.63, 3.8) is 0 Å². The molecule has 0 radical (unpaired) electrons. The van der Waals surface area contributed by atoms with Crippen LogP contribution in [0.15, 0.2) is 54.6 Å². The molecule has 128 valence electrons. The van der Waals surface area contributed by atoms with E-state index in [1.54, 1.807) is 0 Å². The maximum absolute atomic E-state index is 12.6. The molecule has 2 aromatic carbocycles. The molecule has 3 atom stereocenters. The fourth-order valence-electron chi connectivity index (χ4n) is 5.02. The fraction of sp³-hybridized carbons (Fsp3) is 0.381. The van der Waals surface area contributed by atoms with Crippen LogP contribution >= 0.6 is 0 Å². The molecular weight excluding hydrogens is 310 g/mol. The van der Waals surface area contributed by atoms with Gasteiger partial charge in [0.2, 0.25) is 0 Å². The molecule has 2 aliphatic heterocycles. The number of nitrogens with zero attached hydrogens (tertiary/aromatic N) is 1. The van der Waals surface area contributed by atoms with Crippen LogP contribution in [0.25, 0.3) is 0 Å². The molecule has 1 saturated heterocycles. The zero-order chi connectivity index (χ0) is 16.9. The number of fused-ring (bicyclic) bond motifs is 3. The Kier molecular flexibility index (Phi) is 3.35. The molecular formula is C21H23N3O. The third-order valence-electron chi connectivity index (χ3n) is 6.17. The van der Waals surface area contributed by atoms with Gasteiger partial charge in [0.05, 0.1) is 5.56 Å². The Labute approximate surface area is 148 Å². The normalized spacial score (nSPS) is 30.6. The molecule has 4 nitrogen and oxygen atoms in total. The smallest absolute Gasteiger partial charge is 0.255 e. The Balaban J connectivity index is 1.38. The Morgan fingerprint density at radius 1 is 1.00 bits per heavy atom. The lowest BCUT2D eigenvalue weighted by atomic mass is 9.89. The van der Waals surface area contributed by atoms with E-state index in [2.05, 4.69) is 45.9 Å². The van der Waals surface area contributed by atoms with Gasteiger partial charge in [-0.15, -0.1) is 0 Å².